The quantitative estimate of drug-likeness (QED) is 0.247. The summed E-state index contributed by atoms with van der Waals surface area (Å²) in [5, 5.41) is 4.35. The molecule has 4 aromatic rings. The number of nitrogens with zero attached hydrogens (tertiary/aromatic N) is 6. The van der Waals surface area contributed by atoms with E-state index >= 15 is 0 Å². The number of halogens is 1. The molecular formula is C31H36ClN7O5S. The van der Waals surface area contributed by atoms with Crippen molar-refractivity contribution in [1.82, 2.24) is 24.6 Å². The molecule has 1 fully saturated rings. The molecule has 0 saturated carbocycles. The Bertz CT molecular complexity index is 1800. The highest BCUT2D eigenvalue weighted by Crippen LogP contribution is 2.41. The zero-order valence-electron chi connectivity index (χ0n) is 25.8. The average Bonchev–Trinajstić information content (AvgIpc) is 3.45. The van der Waals surface area contributed by atoms with E-state index in [0.717, 1.165) is 5.69 Å². The molecule has 1 aliphatic heterocycles. The van der Waals surface area contributed by atoms with E-state index in [1.807, 2.05) is 57.2 Å². The summed E-state index contributed by atoms with van der Waals surface area (Å²) in [4.78, 5) is 24.9. The lowest BCUT2D eigenvalue weighted by Gasteiger charge is -2.36. The number of para-hydroxylation sites is 1. The normalized spacial score (nSPS) is 13.7. The fraction of sp³-hybridized carbons (Fsp3) is 0.355. The lowest BCUT2D eigenvalue weighted by atomic mass is 10.0. The lowest BCUT2D eigenvalue weighted by molar-refractivity contribution is -0.129. The summed E-state index contributed by atoms with van der Waals surface area (Å²) in [6.07, 6.45) is 2.97. The molecule has 0 spiro atoms. The van der Waals surface area contributed by atoms with Gasteiger partial charge in [0.15, 0.2) is 0 Å². The molecule has 45 heavy (non-hydrogen) atoms. The van der Waals surface area contributed by atoms with Crippen molar-refractivity contribution in [3.05, 3.63) is 65.4 Å². The van der Waals surface area contributed by atoms with Crippen LogP contribution in [0.25, 0.3) is 11.3 Å². The zero-order valence-corrected chi connectivity index (χ0v) is 27.4. The Morgan fingerprint density at radius 2 is 1.76 bits per heavy atom. The number of anilines is 2. The minimum Gasteiger partial charge on any atom is -0.490 e. The lowest BCUT2D eigenvalue weighted by Crippen LogP contribution is -2.48. The first-order valence-corrected chi connectivity index (χ1v) is 16.5. The standard InChI is InChI=1S/C31H36ClN7O5S/c1-6-23-29(24-10-7-8-12-26(24)43-20(2)3)34-31(36-45(41,42)22-18-33-37(5)19-22)35-30(23)44-27-13-9-11-25(28(27)32)39-16-14-38(15-17-39)21(4)40/h7-13,18-20H,6,14-17H2,1-5H3,(H,34,35,36). The molecule has 2 aromatic carbocycles. The summed E-state index contributed by atoms with van der Waals surface area (Å²) in [7, 11) is -2.45. The molecule has 1 aliphatic rings. The Kier molecular flexibility index (Phi) is 9.49. The smallest absolute Gasteiger partial charge is 0.267 e. The number of hydrogen-bond donors (Lipinski definition) is 1. The van der Waals surface area contributed by atoms with Crippen LogP contribution >= 0.6 is 11.6 Å². The van der Waals surface area contributed by atoms with Gasteiger partial charge in [0, 0.05) is 57.5 Å². The summed E-state index contributed by atoms with van der Waals surface area (Å²) in [5.74, 6) is 0.923. The molecule has 1 saturated heterocycles. The maximum Gasteiger partial charge on any atom is 0.267 e. The van der Waals surface area contributed by atoms with Gasteiger partial charge in [0.1, 0.15) is 21.4 Å². The molecule has 2 aromatic heterocycles. The minimum absolute atomic E-state index is 0.0404. The second-order valence-electron chi connectivity index (χ2n) is 10.8. The zero-order chi connectivity index (χ0) is 32.3. The molecule has 0 aliphatic carbocycles. The number of carbonyl (C=O) groups excluding carboxylic acids is 1. The fourth-order valence-corrected chi connectivity index (χ4v) is 6.27. The summed E-state index contributed by atoms with van der Waals surface area (Å²) >= 11 is 6.92. The third-order valence-electron chi connectivity index (χ3n) is 7.26. The number of hydrogen-bond acceptors (Lipinski definition) is 9. The van der Waals surface area contributed by atoms with E-state index in [4.69, 9.17) is 21.1 Å². The number of aromatic nitrogens is 4. The van der Waals surface area contributed by atoms with E-state index in [1.54, 1.807) is 24.9 Å². The van der Waals surface area contributed by atoms with E-state index < -0.39 is 10.0 Å². The topological polar surface area (TPSA) is 132 Å². The Morgan fingerprint density at radius 1 is 1.04 bits per heavy atom. The van der Waals surface area contributed by atoms with Gasteiger partial charge in [-0.15, -0.1) is 0 Å². The minimum atomic E-state index is -4.08. The third kappa shape index (κ3) is 7.15. The summed E-state index contributed by atoms with van der Waals surface area (Å²) in [5.41, 5.74) is 2.50. The van der Waals surface area contributed by atoms with E-state index in [9.17, 15) is 13.2 Å². The van der Waals surface area contributed by atoms with Crippen molar-refractivity contribution in [2.75, 3.05) is 35.8 Å². The van der Waals surface area contributed by atoms with Gasteiger partial charge in [0.05, 0.1) is 23.7 Å². The molecule has 14 heteroatoms. The van der Waals surface area contributed by atoms with E-state index in [1.165, 1.54) is 17.1 Å². The van der Waals surface area contributed by atoms with E-state index in [-0.39, 0.29) is 28.7 Å². The largest absolute Gasteiger partial charge is 0.490 e. The van der Waals surface area contributed by atoms with Crippen molar-refractivity contribution < 1.29 is 22.7 Å². The first kappa shape index (κ1) is 32.0. The number of piperazine rings is 1. The number of carbonyl (C=O) groups is 1. The van der Waals surface area contributed by atoms with Crippen LogP contribution in [0.15, 0.2) is 59.8 Å². The summed E-state index contributed by atoms with van der Waals surface area (Å²) < 4.78 is 42.9. The van der Waals surface area contributed by atoms with Crippen LogP contribution in [-0.2, 0) is 28.3 Å². The maximum atomic E-state index is 13.3. The molecule has 1 amide bonds. The predicted molar refractivity (Wildman–Crippen MR) is 173 cm³/mol. The van der Waals surface area contributed by atoms with Gasteiger partial charge in [-0.1, -0.05) is 36.7 Å². The molecular weight excluding hydrogens is 618 g/mol. The van der Waals surface area contributed by atoms with Gasteiger partial charge >= 0.3 is 0 Å². The van der Waals surface area contributed by atoms with E-state index in [0.29, 0.717) is 65.9 Å². The molecule has 12 nitrogen and oxygen atoms in total. The average molecular weight is 654 g/mol. The number of rotatable bonds is 10. The van der Waals surface area contributed by atoms with E-state index in [2.05, 4.69) is 24.7 Å². The van der Waals surface area contributed by atoms with Crippen LogP contribution in [0, 0.1) is 0 Å². The highest BCUT2D eigenvalue weighted by molar-refractivity contribution is 7.92. The van der Waals surface area contributed by atoms with Crippen molar-refractivity contribution >= 4 is 39.2 Å². The van der Waals surface area contributed by atoms with Crippen LogP contribution in [-0.4, -0.2) is 71.3 Å². The second-order valence-corrected chi connectivity index (χ2v) is 12.9. The highest BCUT2D eigenvalue weighted by atomic mass is 35.5. The van der Waals surface area contributed by atoms with Crippen LogP contribution in [0.3, 0.4) is 0 Å². The number of sulfonamides is 1. The van der Waals surface area contributed by atoms with Crippen LogP contribution in [0.2, 0.25) is 5.02 Å². The Morgan fingerprint density at radius 3 is 2.40 bits per heavy atom. The van der Waals surface area contributed by atoms with Crippen molar-refractivity contribution in [3.8, 4) is 28.6 Å². The van der Waals surface area contributed by atoms with Gasteiger partial charge in [-0.05, 0) is 44.5 Å². The molecule has 0 unspecified atom stereocenters. The van der Waals surface area contributed by atoms with Crippen LogP contribution in [0.5, 0.6) is 17.4 Å². The molecule has 0 radical (unpaired) electrons. The first-order chi connectivity index (χ1) is 21.5. The Balaban J connectivity index is 1.58. The Hall–Kier alpha value is -4.36. The van der Waals surface area contributed by atoms with Gasteiger partial charge in [-0.3, -0.25) is 9.48 Å². The molecule has 0 bridgehead atoms. The predicted octanol–water partition coefficient (Wildman–Crippen LogP) is 5.14. The fourth-order valence-electron chi connectivity index (χ4n) is 5.06. The Labute approximate surface area is 268 Å². The highest BCUT2D eigenvalue weighted by Gasteiger charge is 2.26. The number of amides is 1. The molecule has 238 valence electrons. The second kappa shape index (κ2) is 13.3. The van der Waals surface area contributed by atoms with Gasteiger partial charge in [-0.2, -0.15) is 10.1 Å². The van der Waals surface area contributed by atoms with Gasteiger partial charge < -0.3 is 19.3 Å². The molecule has 3 heterocycles. The molecule has 5 rings (SSSR count). The van der Waals surface area contributed by atoms with Crippen molar-refractivity contribution in [2.24, 2.45) is 7.05 Å². The maximum absolute atomic E-state index is 13.3. The monoisotopic (exact) mass is 653 g/mol. The van der Waals surface area contributed by atoms with Gasteiger partial charge in [-0.25, -0.2) is 18.1 Å². The number of benzene rings is 2. The van der Waals surface area contributed by atoms with Crippen LogP contribution < -0.4 is 19.1 Å². The van der Waals surface area contributed by atoms with Gasteiger partial charge in [0.25, 0.3) is 10.0 Å². The molecule has 1 N–H and O–H groups in total. The van der Waals surface area contributed by atoms with Crippen molar-refractivity contribution in [2.45, 2.75) is 45.1 Å². The van der Waals surface area contributed by atoms with Gasteiger partial charge in [0.2, 0.25) is 17.7 Å². The third-order valence-corrected chi connectivity index (χ3v) is 8.92. The van der Waals surface area contributed by atoms with Crippen LogP contribution in [0.4, 0.5) is 11.6 Å². The van der Waals surface area contributed by atoms with Crippen molar-refractivity contribution in [3.63, 3.8) is 0 Å². The number of ether oxygens (including phenoxy) is 2. The first-order valence-electron chi connectivity index (χ1n) is 14.6. The van der Waals surface area contributed by atoms with Crippen LogP contribution in [0.1, 0.15) is 33.3 Å². The summed E-state index contributed by atoms with van der Waals surface area (Å²) in [6, 6.07) is 12.9. The number of nitrogens with one attached hydrogen (secondary N) is 1. The summed E-state index contributed by atoms with van der Waals surface area (Å²) in [6.45, 7) is 9.77. The molecule has 0 atom stereocenters. The SMILES string of the molecule is CCc1c(Oc2cccc(N3CCN(C(C)=O)CC3)c2Cl)nc(NS(=O)(=O)c2cnn(C)c2)nc1-c1ccccc1OC(C)C. The number of aryl methyl sites for hydroxylation is 1. The van der Waals surface area contributed by atoms with Crippen molar-refractivity contribution in [1.29, 1.82) is 0 Å².